The number of hydrogen-bond donors (Lipinski definition) is 2. The minimum absolute atomic E-state index is 0.00713. The van der Waals surface area contributed by atoms with Gasteiger partial charge in [0.2, 0.25) is 0 Å². The molecule has 9 nitrogen and oxygen atoms in total. The van der Waals surface area contributed by atoms with Crippen molar-refractivity contribution < 1.29 is 19.5 Å². The molecule has 0 aliphatic carbocycles. The predicted octanol–water partition coefficient (Wildman–Crippen LogP) is -0.664. The van der Waals surface area contributed by atoms with Gasteiger partial charge >= 0.3 is 5.97 Å². The van der Waals surface area contributed by atoms with Crippen molar-refractivity contribution in [3.05, 3.63) is 30.1 Å². The smallest absolute Gasteiger partial charge is 0.325 e. The fourth-order valence-corrected chi connectivity index (χ4v) is 1.57. The van der Waals surface area contributed by atoms with E-state index in [4.69, 9.17) is 10.8 Å². The molecular formula is C11H9N5O4. The highest BCUT2D eigenvalue weighted by molar-refractivity contribution is 5.97. The van der Waals surface area contributed by atoms with Crippen LogP contribution in [0.15, 0.2) is 18.6 Å². The number of nitrogens with two attached hydrogens (primary N) is 1. The molecule has 0 aliphatic heterocycles. The van der Waals surface area contributed by atoms with Crippen LogP contribution in [0.3, 0.4) is 0 Å². The zero-order valence-electron chi connectivity index (χ0n) is 10.1. The lowest BCUT2D eigenvalue weighted by atomic mass is 10.1. The van der Waals surface area contributed by atoms with Crippen molar-refractivity contribution in [2.24, 2.45) is 5.73 Å². The van der Waals surface area contributed by atoms with Gasteiger partial charge in [-0.25, -0.2) is 9.97 Å². The van der Waals surface area contributed by atoms with Gasteiger partial charge in [0.1, 0.15) is 6.54 Å². The molecule has 0 saturated carbocycles. The highest BCUT2D eigenvalue weighted by atomic mass is 16.4. The predicted molar refractivity (Wildman–Crippen MR) is 64.8 cm³/mol. The van der Waals surface area contributed by atoms with Crippen LogP contribution in [0.4, 0.5) is 0 Å². The Morgan fingerprint density at radius 1 is 1.35 bits per heavy atom. The van der Waals surface area contributed by atoms with Gasteiger partial charge in [0.05, 0.1) is 0 Å². The Kier molecular flexibility index (Phi) is 3.51. The van der Waals surface area contributed by atoms with Gasteiger partial charge in [-0.3, -0.25) is 19.1 Å². The van der Waals surface area contributed by atoms with Crippen molar-refractivity contribution in [1.29, 1.82) is 0 Å². The van der Waals surface area contributed by atoms with Crippen LogP contribution in [0.1, 0.15) is 21.1 Å². The molecule has 1 amide bonds. The molecule has 20 heavy (non-hydrogen) atoms. The number of carbonyl (C=O) groups excluding carboxylic acids is 2. The fraction of sp³-hybridized carbons (Fsp3) is 0.0909. The lowest BCUT2D eigenvalue weighted by Crippen LogP contribution is -2.15. The number of aldehydes is 1. The van der Waals surface area contributed by atoms with Gasteiger partial charge in [0.15, 0.2) is 17.8 Å². The third-order valence-electron chi connectivity index (χ3n) is 2.38. The molecule has 2 heterocycles. The Hall–Kier alpha value is -3.10. The van der Waals surface area contributed by atoms with E-state index in [2.05, 4.69) is 15.1 Å². The summed E-state index contributed by atoms with van der Waals surface area (Å²) in [4.78, 5) is 40.0. The highest BCUT2D eigenvalue weighted by Gasteiger charge is 2.17. The zero-order chi connectivity index (χ0) is 14.7. The van der Waals surface area contributed by atoms with Crippen LogP contribution in [-0.2, 0) is 11.3 Å². The van der Waals surface area contributed by atoms with Crippen molar-refractivity contribution in [1.82, 2.24) is 19.7 Å². The summed E-state index contributed by atoms with van der Waals surface area (Å²) in [5.74, 6) is -1.92. The van der Waals surface area contributed by atoms with E-state index in [-0.39, 0.29) is 11.5 Å². The number of amides is 1. The number of hydrogen-bond acceptors (Lipinski definition) is 6. The Labute approximate surface area is 112 Å². The molecule has 9 heteroatoms. The number of aliphatic carboxylic acids is 1. The Balaban J connectivity index is 2.47. The van der Waals surface area contributed by atoms with Crippen molar-refractivity contribution in [2.45, 2.75) is 6.54 Å². The van der Waals surface area contributed by atoms with Gasteiger partial charge in [-0.2, -0.15) is 5.10 Å². The van der Waals surface area contributed by atoms with E-state index < -0.39 is 18.4 Å². The van der Waals surface area contributed by atoms with E-state index in [0.717, 1.165) is 4.68 Å². The number of carboxylic acids is 1. The monoisotopic (exact) mass is 275 g/mol. The van der Waals surface area contributed by atoms with Crippen LogP contribution < -0.4 is 5.73 Å². The van der Waals surface area contributed by atoms with Crippen molar-refractivity contribution in [3.8, 4) is 11.1 Å². The van der Waals surface area contributed by atoms with E-state index >= 15 is 0 Å². The lowest BCUT2D eigenvalue weighted by Gasteiger charge is -1.98. The molecule has 0 radical (unpaired) electrons. The maximum atomic E-state index is 11.3. The van der Waals surface area contributed by atoms with E-state index in [9.17, 15) is 14.4 Å². The summed E-state index contributed by atoms with van der Waals surface area (Å²) in [7, 11) is 0. The lowest BCUT2D eigenvalue weighted by molar-refractivity contribution is -0.137. The molecule has 3 N–H and O–H groups in total. The second-order valence-electron chi connectivity index (χ2n) is 3.79. The Morgan fingerprint density at radius 3 is 2.50 bits per heavy atom. The third-order valence-corrected chi connectivity index (χ3v) is 2.38. The van der Waals surface area contributed by atoms with Gasteiger partial charge in [0, 0.05) is 29.7 Å². The van der Waals surface area contributed by atoms with Crippen molar-refractivity contribution >= 4 is 18.2 Å². The summed E-state index contributed by atoms with van der Waals surface area (Å²) in [6, 6.07) is 0. The first-order valence-electron chi connectivity index (χ1n) is 5.38. The first kappa shape index (κ1) is 13.3. The maximum Gasteiger partial charge on any atom is 0.325 e. The standard InChI is InChI=1S/C11H9N5O4/c12-11(20)10-7(3-16(15-10)4-9(18)19)6-1-13-8(5-17)14-2-6/h1-3,5H,4H2,(H2,12,20)(H,18,19). The molecule has 0 spiro atoms. The zero-order valence-corrected chi connectivity index (χ0v) is 10.1. The van der Waals surface area contributed by atoms with E-state index in [0.29, 0.717) is 17.4 Å². The highest BCUT2D eigenvalue weighted by Crippen LogP contribution is 2.21. The van der Waals surface area contributed by atoms with Crippen LogP contribution in [0.5, 0.6) is 0 Å². The molecule has 2 aromatic rings. The van der Waals surface area contributed by atoms with Crippen LogP contribution in [0.2, 0.25) is 0 Å². The van der Waals surface area contributed by atoms with Gasteiger partial charge in [-0.05, 0) is 0 Å². The van der Waals surface area contributed by atoms with Crippen LogP contribution in [-0.4, -0.2) is 43.0 Å². The summed E-state index contributed by atoms with van der Waals surface area (Å²) in [6.45, 7) is -0.409. The molecular weight excluding hydrogens is 266 g/mol. The van der Waals surface area contributed by atoms with Gasteiger partial charge in [-0.15, -0.1) is 0 Å². The second kappa shape index (κ2) is 5.26. The van der Waals surface area contributed by atoms with Gasteiger partial charge in [0.25, 0.3) is 5.91 Å². The first-order valence-corrected chi connectivity index (χ1v) is 5.38. The topological polar surface area (TPSA) is 141 Å². The molecule has 102 valence electrons. The Morgan fingerprint density at radius 2 is 2.00 bits per heavy atom. The molecule has 0 aliphatic rings. The summed E-state index contributed by atoms with van der Waals surface area (Å²) in [5.41, 5.74) is 5.81. The number of nitrogens with zero attached hydrogens (tertiary/aromatic N) is 4. The largest absolute Gasteiger partial charge is 0.480 e. The molecule has 0 saturated heterocycles. The summed E-state index contributed by atoms with van der Waals surface area (Å²) < 4.78 is 1.07. The molecule has 2 aromatic heterocycles. The fourth-order valence-electron chi connectivity index (χ4n) is 1.57. The van der Waals surface area contributed by atoms with Gasteiger partial charge in [-0.1, -0.05) is 0 Å². The quantitative estimate of drug-likeness (QED) is 0.689. The summed E-state index contributed by atoms with van der Waals surface area (Å²) >= 11 is 0. The van der Waals surface area contributed by atoms with Crippen LogP contribution in [0.25, 0.3) is 11.1 Å². The summed E-state index contributed by atoms with van der Waals surface area (Å²) in [6.07, 6.45) is 4.48. The second-order valence-corrected chi connectivity index (χ2v) is 3.79. The maximum absolute atomic E-state index is 11.3. The van der Waals surface area contributed by atoms with E-state index in [1.54, 1.807) is 0 Å². The van der Waals surface area contributed by atoms with E-state index in [1.807, 2.05) is 0 Å². The number of aromatic nitrogens is 4. The molecule has 0 aromatic carbocycles. The van der Waals surface area contributed by atoms with Gasteiger partial charge < -0.3 is 10.8 Å². The minimum atomic E-state index is -1.11. The average Bonchev–Trinajstić information content (AvgIpc) is 2.82. The molecule has 0 fully saturated rings. The van der Waals surface area contributed by atoms with Crippen LogP contribution in [0, 0.1) is 0 Å². The molecule has 0 atom stereocenters. The SMILES string of the molecule is NC(=O)c1nn(CC(=O)O)cc1-c1cnc(C=O)nc1. The number of primary amides is 1. The van der Waals surface area contributed by atoms with Crippen molar-refractivity contribution in [3.63, 3.8) is 0 Å². The number of carboxylic acid groups (broad SMARTS) is 1. The molecule has 0 unspecified atom stereocenters. The molecule has 2 rings (SSSR count). The average molecular weight is 275 g/mol. The number of rotatable bonds is 5. The Bertz CT molecular complexity index is 677. The third kappa shape index (κ3) is 2.66. The first-order chi connectivity index (χ1) is 9.51. The molecule has 0 bridgehead atoms. The minimum Gasteiger partial charge on any atom is -0.480 e. The normalized spacial score (nSPS) is 10.2. The van der Waals surface area contributed by atoms with E-state index in [1.165, 1.54) is 18.6 Å². The summed E-state index contributed by atoms with van der Waals surface area (Å²) in [5, 5.41) is 12.5. The number of carbonyl (C=O) groups is 3. The van der Waals surface area contributed by atoms with Crippen molar-refractivity contribution in [2.75, 3.05) is 0 Å². The van der Waals surface area contributed by atoms with Crippen LogP contribution >= 0.6 is 0 Å².